The van der Waals surface area contributed by atoms with Crippen molar-refractivity contribution in [3.63, 3.8) is 0 Å². The van der Waals surface area contributed by atoms with Gasteiger partial charge in [-0.25, -0.2) is 4.98 Å². The molecule has 0 aliphatic heterocycles. The van der Waals surface area contributed by atoms with E-state index in [0.29, 0.717) is 24.5 Å². The lowest BCUT2D eigenvalue weighted by Crippen LogP contribution is -2.28. The maximum atomic E-state index is 10.5. The zero-order valence-corrected chi connectivity index (χ0v) is 18.7. The molecule has 166 valence electrons. The maximum absolute atomic E-state index is 10.5. The normalized spacial score (nSPS) is 12.0. The third-order valence-corrected chi connectivity index (χ3v) is 5.35. The highest BCUT2D eigenvalue weighted by molar-refractivity contribution is 5.82. The molecular weight excluding hydrogens is 406 g/mol. The monoisotopic (exact) mass is 433 g/mol. The number of hydrogen-bond acceptors (Lipinski definition) is 7. The van der Waals surface area contributed by atoms with Gasteiger partial charge >= 0.3 is 0 Å². The Morgan fingerprint density at radius 3 is 2.38 bits per heavy atom. The van der Waals surface area contributed by atoms with Crippen molar-refractivity contribution in [3.05, 3.63) is 55.0 Å². The molecule has 8 heteroatoms. The van der Waals surface area contributed by atoms with Crippen LogP contribution in [0, 0.1) is 0 Å². The second kappa shape index (κ2) is 9.23. The van der Waals surface area contributed by atoms with Crippen LogP contribution in [0.1, 0.15) is 13.3 Å². The second-order valence-corrected chi connectivity index (χ2v) is 7.57. The van der Waals surface area contributed by atoms with Crippen LogP contribution in [0.4, 0.5) is 11.4 Å². The van der Waals surface area contributed by atoms with Crippen LogP contribution in [0.2, 0.25) is 0 Å². The Kier molecular flexibility index (Phi) is 6.23. The average Bonchev–Trinajstić information content (AvgIpc) is 3.27. The van der Waals surface area contributed by atoms with Gasteiger partial charge in [-0.1, -0.05) is 6.92 Å². The molecule has 0 spiro atoms. The van der Waals surface area contributed by atoms with Crippen LogP contribution in [0.3, 0.4) is 0 Å². The molecule has 2 aromatic heterocycles. The van der Waals surface area contributed by atoms with Crippen LogP contribution in [-0.4, -0.2) is 51.7 Å². The van der Waals surface area contributed by atoms with Crippen LogP contribution in [0.25, 0.3) is 22.3 Å². The van der Waals surface area contributed by atoms with Gasteiger partial charge in [-0.15, -0.1) is 0 Å². The highest BCUT2D eigenvalue weighted by Crippen LogP contribution is 2.34. The number of hydrogen-bond donors (Lipinski definition) is 1. The molecule has 32 heavy (non-hydrogen) atoms. The molecule has 1 N–H and O–H groups in total. The standard InChI is InChI=1S/C24H27N5O3/c1-5-19(30)15-29(18-8-20(31-3)11-21(9-18)32-4)17-6-7-22-23(10-17)27-24(13-25-22)16-12-26-28(2)14-16/h6-14,19,30H,5,15H2,1-4H3/t19-/m0/s1. The van der Waals surface area contributed by atoms with E-state index >= 15 is 0 Å². The molecule has 1 atom stereocenters. The van der Waals surface area contributed by atoms with Crippen LogP contribution in [0.15, 0.2) is 55.0 Å². The molecule has 0 fully saturated rings. The van der Waals surface area contributed by atoms with E-state index in [1.807, 2.05) is 61.5 Å². The van der Waals surface area contributed by atoms with Gasteiger partial charge in [-0.2, -0.15) is 5.10 Å². The number of methoxy groups -OCH3 is 2. The predicted molar refractivity (Wildman–Crippen MR) is 125 cm³/mol. The van der Waals surface area contributed by atoms with E-state index in [2.05, 4.69) is 10.1 Å². The van der Waals surface area contributed by atoms with E-state index in [-0.39, 0.29) is 0 Å². The summed E-state index contributed by atoms with van der Waals surface area (Å²) in [5.41, 5.74) is 4.95. The number of aryl methyl sites for hydroxylation is 1. The average molecular weight is 434 g/mol. The molecule has 0 saturated carbocycles. The molecule has 0 bridgehead atoms. The van der Waals surface area contributed by atoms with E-state index in [1.54, 1.807) is 31.3 Å². The molecule has 0 amide bonds. The van der Waals surface area contributed by atoms with Crippen molar-refractivity contribution in [3.8, 4) is 22.8 Å². The summed E-state index contributed by atoms with van der Waals surface area (Å²) in [6.45, 7) is 2.37. The molecule has 2 heterocycles. The fourth-order valence-electron chi connectivity index (χ4n) is 3.51. The van der Waals surface area contributed by atoms with Crippen molar-refractivity contribution in [2.45, 2.75) is 19.4 Å². The van der Waals surface area contributed by atoms with Crippen molar-refractivity contribution in [1.82, 2.24) is 19.7 Å². The third-order valence-electron chi connectivity index (χ3n) is 5.35. The summed E-state index contributed by atoms with van der Waals surface area (Å²) < 4.78 is 12.6. The van der Waals surface area contributed by atoms with E-state index in [0.717, 1.165) is 33.7 Å². The first-order valence-corrected chi connectivity index (χ1v) is 10.4. The fraction of sp³-hybridized carbons (Fsp3) is 0.292. The lowest BCUT2D eigenvalue weighted by Gasteiger charge is -2.28. The Bertz CT molecular complexity index is 1200. The number of anilines is 2. The Morgan fingerprint density at radius 1 is 1.00 bits per heavy atom. The SMILES string of the molecule is CC[C@H](O)CN(c1cc(OC)cc(OC)c1)c1ccc2ncc(-c3cnn(C)c3)nc2c1. The minimum atomic E-state index is -0.504. The van der Waals surface area contributed by atoms with Gasteiger partial charge in [0.05, 0.1) is 49.4 Å². The lowest BCUT2D eigenvalue weighted by atomic mass is 10.1. The minimum absolute atomic E-state index is 0.411. The largest absolute Gasteiger partial charge is 0.497 e. The Hall–Kier alpha value is -3.65. The summed E-state index contributed by atoms with van der Waals surface area (Å²) in [7, 11) is 5.11. The van der Waals surface area contributed by atoms with Crippen LogP contribution >= 0.6 is 0 Å². The van der Waals surface area contributed by atoms with Gasteiger partial charge in [0.1, 0.15) is 11.5 Å². The molecule has 2 aromatic carbocycles. The van der Waals surface area contributed by atoms with E-state index in [4.69, 9.17) is 14.5 Å². The number of nitrogens with zero attached hydrogens (tertiary/aromatic N) is 5. The molecular formula is C24H27N5O3. The molecule has 0 radical (unpaired) electrons. The number of rotatable bonds is 8. The van der Waals surface area contributed by atoms with Gasteiger partial charge in [0.15, 0.2) is 0 Å². The first-order chi connectivity index (χ1) is 15.5. The first-order valence-electron chi connectivity index (χ1n) is 10.4. The van der Waals surface area contributed by atoms with E-state index in [1.165, 1.54) is 0 Å². The van der Waals surface area contributed by atoms with Gasteiger partial charge in [0.2, 0.25) is 0 Å². The molecule has 0 aliphatic carbocycles. The highest BCUT2D eigenvalue weighted by Gasteiger charge is 2.17. The van der Waals surface area contributed by atoms with Gasteiger partial charge in [0.25, 0.3) is 0 Å². The number of benzene rings is 2. The van der Waals surface area contributed by atoms with Crippen LogP contribution < -0.4 is 14.4 Å². The summed E-state index contributed by atoms with van der Waals surface area (Å²) in [5, 5.41) is 14.7. The molecule has 4 aromatic rings. The topological polar surface area (TPSA) is 85.5 Å². The Morgan fingerprint density at radius 2 is 1.75 bits per heavy atom. The fourth-order valence-corrected chi connectivity index (χ4v) is 3.51. The van der Waals surface area contributed by atoms with Crippen molar-refractivity contribution in [2.75, 3.05) is 25.7 Å². The molecule has 0 unspecified atom stereocenters. The summed E-state index contributed by atoms with van der Waals surface area (Å²) >= 11 is 0. The zero-order chi connectivity index (χ0) is 22.7. The number of aromatic nitrogens is 4. The van der Waals surface area contributed by atoms with E-state index in [9.17, 15) is 5.11 Å². The Labute approximate surface area is 187 Å². The summed E-state index contributed by atoms with van der Waals surface area (Å²) in [4.78, 5) is 11.4. The summed E-state index contributed by atoms with van der Waals surface area (Å²) in [6, 6.07) is 11.6. The number of ether oxygens (including phenoxy) is 2. The van der Waals surface area contributed by atoms with Gasteiger partial charge in [0, 0.05) is 54.9 Å². The third kappa shape index (κ3) is 4.50. The van der Waals surface area contributed by atoms with Crippen molar-refractivity contribution in [1.29, 1.82) is 0 Å². The summed E-state index contributed by atoms with van der Waals surface area (Å²) in [6.07, 6.45) is 5.56. The number of aliphatic hydroxyl groups is 1. The minimum Gasteiger partial charge on any atom is -0.497 e. The predicted octanol–water partition coefficient (Wildman–Crippen LogP) is 3.96. The lowest BCUT2D eigenvalue weighted by molar-refractivity contribution is 0.178. The Balaban J connectivity index is 1.80. The van der Waals surface area contributed by atoms with Gasteiger partial charge < -0.3 is 19.5 Å². The molecule has 0 aliphatic rings. The molecule has 4 rings (SSSR count). The number of aliphatic hydroxyl groups excluding tert-OH is 1. The number of fused-ring (bicyclic) bond motifs is 1. The highest BCUT2D eigenvalue weighted by atomic mass is 16.5. The first kappa shape index (κ1) is 21.6. The summed E-state index contributed by atoms with van der Waals surface area (Å²) in [5.74, 6) is 1.35. The molecule has 0 saturated heterocycles. The van der Waals surface area contributed by atoms with Crippen molar-refractivity contribution < 1.29 is 14.6 Å². The van der Waals surface area contributed by atoms with Crippen LogP contribution in [0.5, 0.6) is 11.5 Å². The van der Waals surface area contributed by atoms with E-state index < -0.39 is 6.10 Å². The van der Waals surface area contributed by atoms with Gasteiger partial charge in [-0.3, -0.25) is 9.67 Å². The quantitative estimate of drug-likeness (QED) is 0.450. The maximum Gasteiger partial charge on any atom is 0.124 e. The van der Waals surface area contributed by atoms with Crippen molar-refractivity contribution >= 4 is 22.4 Å². The zero-order valence-electron chi connectivity index (χ0n) is 18.7. The smallest absolute Gasteiger partial charge is 0.124 e. The molecule has 8 nitrogen and oxygen atoms in total. The van der Waals surface area contributed by atoms with Gasteiger partial charge in [-0.05, 0) is 24.6 Å². The van der Waals surface area contributed by atoms with Crippen LogP contribution in [-0.2, 0) is 7.05 Å². The second-order valence-electron chi connectivity index (χ2n) is 7.57. The van der Waals surface area contributed by atoms with Crippen molar-refractivity contribution in [2.24, 2.45) is 7.05 Å².